The van der Waals surface area contributed by atoms with Crippen LogP contribution in [0.4, 0.5) is 0 Å². The van der Waals surface area contributed by atoms with Crippen LogP contribution >= 0.6 is 34.0 Å². The molecule has 0 unspecified atom stereocenters. The highest BCUT2D eigenvalue weighted by molar-refractivity contribution is 7.33. The van der Waals surface area contributed by atoms with Gasteiger partial charge in [-0.25, -0.2) is 4.98 Å². The quantitative estimate of drug-likeness (QED) is 0.333. The normalized spacial score (nSPS) is 11.3. The molecule has 1 aromatic carbocycles. The lowest BCUT2D eigenvalue weighted by Gasteiger charge is -2.02. The van der Waals surface area contributed by atoms with Crippen molar-refractivity contribution in [1.82, 2.24) is 15.3 Å². The van der Waals surface area contributed by atoms with Crippen LogP contribution in [0.5, 0.6) is 0 Å². The van der Waals surface area contributed by atoms with E-state index in [9.17, 15) is 4.79 Å². The molecule has 4 nitrogen and oxygen atoms in total. The van der Waals surface area contributed by atoms with Crippen LogP contribution in [0.15, 0.2) is 60.2 Å². The number of hydrogen-bond acceptors (Lipinski definition) is 6. The third-order valence-electron chi connectivity index (χ3n) is 4.65. The Bertz CT molecular complexity index is 1290. The molecule has 4 heterocycles. The van der Waals surface area contributed by atoms with E-state index in [4.69, 9.17) is 0 Å². The molecule has 7 heteroatoms. The lowest BCUT2D eigenvalue weighted by molar-refractivity contribution is 0.0957. The molecule has 144 valence electrons. The fraction of sp³-hybridized carbons (Fsp3) is 0.136. The zero-order valence-corrected chi connectivity index (χ0v) is 17.9. The first-order valence-electron chi connectivity index (χ1n) is 9.32. The van der Waals surface area contributed by atoms with Crippen LogP contribution in [0.2, 0.25) is 0 Å². The maximum absolute atomic E-state index is 12.5. The fourth-order valence-electron chi connectivity index (χ4n) is 3.22. The van der Waals surface area contributed by atoms with Gasteiger partial charge < -0.3 is 5.32 Å². The summed E-state index contributed by atoms with van der Waals surface area (Å²) < 4.78 is 3.67. The van der Waals surface area contributed by atoms with Gasteiger partial charge in [-0.15, -0.1) is 34.0 Å². The Morgan fingerprint density at radius 3 is 2.79 bits per heavy atom. The maximum Gasteiger partial charge on any atom is 0.261 e. The first-order valence-corrected chi connectivity index (χ1v) is 11.8. The molecule has 1 N–H and O–H groups in total. The molecule has 0 fully saturated rings. The van der Waals surface area contributed by atoms with Crippen LogP contribution < -0.4 is 5.32 Å². The van der Waals surface area contributed by atoms with Crippen molar-refractivity contribution in [2.75, 3.05) is 6.54 Å². The van der Waals surface area contributed by atoms with Gasteiger partial charge in [0.25, 0.3) is 5.91 Å². The molecule has 0 radical (unpaired) electrons. The number of fused-ring (bicyclic) bond motifs is 3. The van der Waals surface area contributed by atoms with E-state index in [-0.39, 0.29) is 5.91 Å². The first-order chi connectivity index (χ1) is 14.3. The van der Waals surface area contributed by atoms with Crippen molar-refractivity contribution >= 4 is 59.4 Å². The summed E-state index contributed by atoms with van der Waals surface area (Å²) in [6.45, 7) is 0.648. The Kier molecular flexibility index (Phi) is 5.10. The van der Waals surface area contributed by atoms with Crippen LogP contribution in [-0.2, 0) is 6.42 Å². The highest BCUT2D eigenvalue weighted by atomic mass is 32.1. The van der Waals surface area contributed by atoms with E-state index in [1.165, 1.54) is 19.5 Å². The number of aromatic nitrogens is 2. The molecule has 0 atom stereocenters. The highest BCUT2D eigenvalue weighted by Gasteiger charge is 2.14. The average Bonchev–Trinajstić information content (AvgIpc) is 3.46. The summed E-state index contributed by atoms with van der Waals surface area (Å²) in [7, 11) is 0. The van der Waals surface area contributed by atoms with Gasteiger partial charge >= 0.3 is 0 Å². The molecule has 0 saturated heterocycles. The minimum absolute atomic E-state index is 0.0131. The Morgan fingerprint density at radius 2 is 1.90 bits per heavy atom. The third kappa shape index (κ3) is 3.81. The number of carbonyl (C=O) groups excluding carboxylic acids is 1. The second-order valence-electron chi connectivity index (χ2n) is 6.62. The molecule has 1 amide bonds. The molecule has 0 aliphatic heterocycles. The third-order valence-corrected chi connectivity index (χ3v) is 7.98. The van der Waals surface area contributed by atoms with E-state index in [0.29, 0.717) is 6.54 Å². The lowest BCUT2D eigenvalue weighted by atomic mass is 10.2. The number of nitrogens with zero attached hydrogens (tertiary/aromatic N) is 2. The molecular formula is C22H17N3OS3. The van der Waals surface area contributed by atoms with Gasteiger partial charge in [-0.1, -0.05) is 18.2 Å². The van der Waals surface area contributed by atoms with Crippen LogP contribution in [0.25, 0.3) is 30.7 Å². The topological polar surface area (TPSA) is 54.9 Å². The highest BCUT2D eigenvalue weighted by Crippen LogP contribution is 2.39. The van der Waals surface area contributed by atoms with Gasteiger partial charge in [-0.2, -0.15) is 0 Å². The predicted octanol–water partition coefficient (Wildman–Crippen LogP) is 6.00. The second kappa shape index (κ2) is 8.02. The van der Waals surface area contributed by atoms with Crippen molar-refractivity contribution in [3.63, 3.8) is 0 Å². The standard InChI is InChI=1S/C22H17N3OS3/c26-22(19-12-18-21(29-19)15-4-1-2-5-17(15)28-18)24-9-3-6-20-25-16(13-27-20)14-7-10-23-11-8-14/h1-2,4-5,7-8,10-13H,3,6,9H2,(H,24,26). The van der Waals surface area contributed by atoms with Crippen molar-refractivity contribution in [2.45, 2.75) is 12.8 Å². The van der Waals surface area contributed by atoms with Crippen molar-refractivity contribution in [1.29, 1.82) is 0 Å². The summed E-state index contributed by atoms with van der Waals surface area (Å²) in [5.74, 6) is 0.0131. The maximum atomic E-state index is 12.5. The van der Waals surface area contributed by atoms with Gasteiger partial charge in [-0.05, 0) is 30.7 Å². The molecule has 29 heavy (non-hydrogen) atoms. The smallest absolute Gasteiger partial charge is 0.261 e. The zero-order chi connectivity index (χ0) is 19.6. The summed E-state index contributed by atoms with van der Waals surface area (Å²) in [5.41, 5.74) is 2.07. The first kappa shape index (κ1) is 18.4. The van der Waals surface area contributed by atoms with Gasteiger partial charge in [0.1, 0.15) is 0 Å². The number of pyridine rings is 1. The van der Waals surface area contributed by atoms with Crippen LogP contribution in [0.1, 0.15) is 21.1 Å². The van der Waals surface area contributed by atoms with Gasteiger partial charge in [-0.3, -0.25) is 9.78 Å². The Balaban J connectivity index is 1.17. The van der Waals surface area contributed by atoms with E-state index < -0.39 is 0 Å². The predicted molar refractivity (Wildman–Crippen MR) is 123 cm³/mol. The number of thiophene rings is 2. The summed E-state index contributed by atoms with van der Waals surface area (Å²) in [4.78, 5) is 22.0. The summed E-state index contributed by atoms with van der Waals surface area (Å²) in [6.07, 6.45) is 5.29. The molecule has 0 saturated carbocycles. The Labute approximate surface area is 179 Å². The number of carbonyl (C=O) groups is 1. The number of rotatable bonds is 6. The molecule has 0 bridgehead atoms. The van der Waals surface area contributed by atoms with E-state index in [1.807, 2.05) is 24.3 Å². The molecule has 5 aromatic rings. The minimum atomic E-state index is 0.0131. The summed E-state index contributed by atoms with van der Waals surface area (Å²) >= 11 is 4.99. The van der Waals surface area contributed by atoms with E-state index in [2.05, 4.69) is 38.9 Å². The molecule has 5 rings (SSSR count). The summed E-state index contributed by atoms with van der Waals surface area (Å²) in [6, 6.07) is 14.3. The average molecular weight is 436 g/mol. The SMILES string of the molecule is O=C(NCCCc1nc(-c2ccncc2)cs1)c1cc2sc3ccccc3c2s1. The zero-order valence-electron chi connectivity index (χ0n) is 15.4. The molecule has 0 aliphatic carbocycles. The van der Waals surface area contributed by atoms with Gasteiger partial charge in [0.2, 0.25) is 0 Å². The number of nitrogens with one attached hydrogen (secondary N) is 1. The number of aryl methyl sites for hydroxylation is 1. The Morgan fingerprint density at radius 1 is 1.03 bits per heavy atom. The van der Waals surface area contributed by atoms with Crippen LogP contribution in [-0.4, -0.2) is 22.4 Å². The van der Waals surface area contributed by atoms with Crippen LogP contribution in [0.3, 0.4) is 0 Å². The molecular weight excluding hydrogens is 418 g/mol. The Hall–Kier alpha value is -2.61. The molecule has 0 spiro atoms. The number of thiazole rings is 1. The van der Waals surface area contributed by atoms with Crippen molar-refractivity contribution in [3.05, 3.63) is 70.1 Å². The molecule has 0 aliphatic rings. The molecule has 4 aromatic heterocycles. The number of amides is 1. The minimum Gasteiger partial charge on any atom is -0.351 e. The number of hydrogen-bond donors (Lipinski definition) is 1. The second-order valence-corrected chi connectivity index (χ2v) is 9.70. The van der Waals surface area contributed by atoms with E-state index in [1.54, 1.807) is 46.4 Å². The largest absolute Gasteiger partial charge is 0.351 e. The van der Waals surface area contributed by atoms with E-state index >= 15 is 0 Å². The van der Waals surface area contributed by atoms with Crippen molar-refractivity contribution in [2.24, 2.45) is 0 Å². The van der Waals surface area contributed by atoms with Crippen molar-refractivity contribution in [3.8, 4) is 11.3 Å². The van der Waals surface area contributed by atoms with E-state index in [0.717, 1.165) is 34.0 Å². The summed E-state index contributed by atoms with van der Waals surface area (Å²) in [5, 5.41) is 7.46. The monoisotopic (exact) mass is 435 g/mol. The van der Waals surface area contributed by atoms with Gasteiger partial charge in [0.15, 0.2) is 0 Å². The number of benzene rings is 1. The van der Waals surface area contributed by atoms with Gasteiger partial charge in [0.05, 0.1) is 20.3 Å². The van der Waals surface area contributed by atoms with Crippen LogP contribution in [0, 0.1) is 0 Å². The van der Waals surface area contributed by atoms with Crippen molar-refractivity contribution < 1.29 is 4.79 Å². The lowest BCUT2D eigenvalue weighted by Crippen LogP contribution is -2.23. The fourth-order valence-corrected chi connectivity index (χ4v) is 6.51. The van der Waals surface area contributed by atoms with Gasteiger partial charge in [0, 0.05) is 51.1 Å².